The van der Waals surface area contributed by atoms with Gasteiger partial charge in [0.1, 0.15) is 6.17 Å². The van der Waals surface area contributed by atoms with Crippen molar-refractivity contribution in [2.75, 3.05) is 0 Å². The summed E-state index contributed by atoms with van der Waals surface area (Å²) >= 11 is 3.28. The van der Waals surface area contributed by atoms with Crippen LogP contribution in [0.2, 0.25) is 0 Å². The van der Waals surface area contributed by atoms with Crippen molar-refractivity contribution in [3.63, 3.8) is 0 Å². The van der Waals surface area contributed by atoms with Crippen LogP contribution in [0.3, 0.4) is 0 Å². The summed E-state index contributed by atoms with van der Waals surface area (Å²) in [4.78, 5) is 23.0. The smallest absolute Gasteiger partial charge is 0.310 e. The third-order valence-electron chi connectivity index (χ3n) is 4.60. The fourth-order valence-corrected chi connectivity index (χ4v) is 3.57. The number of aromatic nitrogens is 2. The summed E-state index contributed by atoms with van der Waals surface area (Å²) in [5.74, 6) is -0.567. The normalized spacial score (nSPS) is 24.8. The first-order valence-electron chi connectivity index (χ1n) is 7.92. The van der Waals surface area contributed by atoms with Gasteiger partial charge in [-0.2, -0.15) is 0 Å². The summed E-state index contributed by atoms with van der Waals surface area (Å²) < 4.78 is 14.9. The van der Waals surface area contributed by atoms with E-state index in [1.165, 1.54) is 0 Å². The van der Waals surface area contributed by atoms with Gasteiger partial charge in [-0.3, -0.25) is 4.79 Å². The number of carboxylic acid groups (broad SMARTS) is 1. The Morgan fingerprint density at radius 1 is 1.42 bits per heavy atom. The number of azide groups is 1. The van der Waals surface area contributed by atoms with Crippen LogP contribution in [0.25, 0.3) is 21.8 Å². The highest BCUT2D eigenvalue weighted by molar-refractivity contribution is 9.10. The summed E-state index contributed by atoms with van der Waals surface area (Å²) in [5, 5.41) is 13.1. The molecule has 1 aliphatic rings. The summed E-state index contributed by atoms with van der Waals surface area (Å²) in [5.41, 5.74) is 8.75. The molecule has 1 saturated carbocycles. The first kappa shape index (κ1) is 18.3. The first-order valence-corrected chi connectivity index (χ1v) is 8.71. The monoisotopic (exact) mass is 419 g/mol. The van der Waals surface area contributed by atoms with Crippen molar-refractivity contribution in [3.05, 3.63) is 57.1 Å². The maximum Gasteiger partial charge on any atom is 0.310 e. The quantitative estimate of drug-likeness (QED) is 0.441. The van der Waals surface area contributed by atoms with E-state index in [2.05, 4.69) is 35.9 Å². The number of hydrogen-bond acceptors (Lipinski definition) is 4. The molecular formula is C17H15BrFN5O2. The molecule has 26 heavy (non-hydrogen) atoms. The van der Waals surface area contributed by atoms with Gasteiger partial charge in [0, 0.05) is 22.9 Å². The van der Waals surface area contributed by atoms with Crippen molar-refractivity contribution in [1.82, 2.24) is 9.97 Å². The van der Waals surface area contributed by atoms with E-state index in [0.717, 1.165) is 15.6 Å². The van der Waals surface area contributed by atoms with Gasteiger partial charge in [0.15, 0.2) is 5.82 Å². The first-order chi connectivity index (χ1) is 12.4. The Kier molecular flexibility index (Phi) is 5.20. The SMILES string of the molecule is [N-]=[N+]=N[C@@H]1C[C@@](Cc2cccc(-c3ncc(Br)cn3)c2)(C(=O)O)C[C@@H]1F. The van der Waals surface area contributed by atoms with Gasteiger partial charge in [-0.05, 0) is 52.4 Å². The molecule has 1 heterocycles. The Morgan fingerprint density at radius 3 is 2.81 bits per heavy atom. The Hall–Kier alpha value is -2.51. The van der Waals surface area contributed by atoms with Gasteiger partial charge in [-0.15, -0.1) is 0 Å². The lowest BCUT2D eigenvalue weighted by Gasteiger charge is -2.24. The maximum absolute atomic E-state index is 14.2. The average Bonchev–Trinajstić information content (AvgIpc) is 2.93. The van der Waals surface area contributed by atoms with Gasteiger partial charge >= 0.3 is 5.97 Å². The van der Waals surface area contributed by atoms with Crippen LogP contribution in [-0.2, 0) is 11.2 Å². The largest absolute Gasteiger partial charge is 0.481 e. The van der Waals surface area contributed by atoms with Gasteiger partial charge in [-0.1, -0.05) is 23.3 Å². The molecule has 1 aromatic carbocycles. The minimum Gasteiger partial charge on any atom is -0.481 e. The van der Waals surface area contributed by atoms with E-state index in [4.69, 9.17) is 5.53 Å². The zero-order valence-corrected chi connectivity index (χ0v) is 15.2. The predicted molar refractivity (Wildman–Crippen MR) is 96.0 cm³/mol. The summed E-state index contributed by atoms with van der Waals surface area (Å²) in [6, 6.07) is 6.27. The Balaban J connectivity index is 1.89. The molecule has 1 aliphatic carbocycles. The van der Waals surface area contributed by atoms with E-state index >= 15 is 0 Å². The fourth-order valence-electron chi connectivity index (χ4n) is 3.37. The molecule has 0 unspecified atom stereocenters. The maximum atomic E-state index is 14.2. The van der Waals surface area contributed by atoms with Crippen LogP contribution in [-0.4, -0.2) is 33.3 Å². The van der Waals surface area contributed by atoms with Gasteiger partial charge < -0.3 is 5.11 Å². The molecule has 7 nitrogen and oxygen atoms in total. The second kappa shape index (κ2) is 7.39. The molecule has 1 N–H and O–H groups in total. The number of alkyl halides is 1. The average molecular weight is 420 g/mol. The van der Waals surface area contributed by atoms with Crippen molar-refractivity contribution >= 4 is 21.9 Å². The van der Waals surface area contributed by atoms with Crippen LogP contribution >= 0.6 is 15.9 Å². The summed E-state index contributed by atoms with van der Waals surface area (Å²) in [6.07, 6.45) is 1.74. The highest BCUT2D eigenvalue weighted by Gasteiger charge is 2.50. The van der Waals surface area contributed by atoms with E-state index in [1.807, 2.05) is 12.1 Å². The van der Waals surface area contributed by atoms with E-state index in [0.29, 0.717) is 5.82 Å². The van der Waals surface area contributed by atoms with Gasteiger partial charge in [-0.25, -0.2) is 14.4 Å². The van der Waals surface area contributed by atoms with Gasteiger partial charge in [0.2, 0.25) is 0 Å². The molecule has 0 bridgehead atoms. The lowest BCUT2D eigenvalue weighted by Crippen LogP contribution is -2.31. The number of hydrogen-bond donors (Lipinski definition) is 1. The molecule has 0 radical (unpaired) electrons. The van der Waals surface area contributed by atoms with Crippen molar-refractivity contribution < 1.29 is 14.3 Å². The molecule has 0 aliphatic heterocycles. The molecule has 1 fully saturated rings. The van der Waals surface area contributed by atoms with Crippen molar-refractivity contribution in [2.45, 2.75) is 31.5 Å². The molecule has 0 spiro atoms. The van der Waals surface area contributed by atoms with E-state index in [9.17, 15) is 14.3 Å². The Morgan fingerprint density at radius 2 is 2.15 bits per heavy atom. The number of aliphatic carboxylic acids is 1. The molecule has 2 aromatic rings. The van der Waals surface area contributed by atoms with Crippen LogP contribution < -0.4 is 0 Å². The third kappa shape index (κ3) is 3.68. The molecular weight excluding hydrogens is 405 g/mol. The molecule has 9 heteroatoms. The molecule has 134 valence electrons. The topological polar surface area (TPSA) is 112 Å². The molecule has 3 atom stereocenters. The zero-order valence-electron chi connectivity index (χ0n) is 13.6. The summed E-state index contributed by atoms with van der Waals surface area (Å²) in [7, 11) is 0. The summed E-state index contributed by atoms with van der Waals surface area (Å²) in [6.45, 7) is 0. The van der Waals surface area contributed by atoms with E-state index in [1.54, 1.807) is 24.5 Å². The number of rotatable bonds is 5. The molecule has 0 saturated heterocycles. The highest BCUT2D eigenvalue weighted by Crippen LogP contribution is 2.44. The Bertz CT molecular complexity index is 872. The standard InChI is InChI=1S/C17H15BrFN5O2/c18-12-8-21-15(22-9-12)11-3-1-2-10(4-11)5-17(16(25)26)6-13(19)14(7-17)23-24-20/h1-4,8-9,13-14H,5-7H2,(H,25,26)/t13-,14+,17-/m0/s1. The number of halogens is 2. The zero-order chi connectivity index (χ0) is 18.7. The van der Waals surface area contributed by atoms with Gasteiger partial charge in [0.25, 0.3) is 0 Å². The van der Waals surface area contributed by atoms with Gasteiger partial charge in [0.05, 0.1) is 15.9 Å². The van der Waals surface area contributed by atoms with Crippen LogP contribution in [0.15, 0.2) is 46.2 Å². The number of carbonyl (C=O) groups is 1. The van der Waals surface area contributed by atoms with Crippen molar-refractivity contribution in [2.24, 2.45) is 10.5 Å². The van der Waals surface area contributed by atoms with E-state index in [-0.39, 0.29) is 19.3 Å². The lowest BCUT2D eigenvalue weighted by atomic mass is 9.79. The minimum absolute atomic E-state index is 0.0213. The van der Waals surface area contributed by atoms with Crippen LogP contribution in [0, 0.1) is 5.41 Å². The number of nitrogens with zero attached hydrogens (tertiary/aromatic N) is 5. The minimum atomic E-state index is -1.46. The molecule has 0 amide bonds. The second-order valence-corrected chi connectivity index (χ2v) is 7.30. The predicted octanol–water partition coefficient (Wildman–Crippen LogP) is 4.33. The van der Waals surface area contributed by atoms with Crippen molar-refractivity contribution in [3.8, 4) is 11.4 Å². The van der Waals surface area contributed by atoms with Crippen LogP contribution in [0.4, 0.5) is 4.39 Å². The van der Waals surface area contributed by atoms with Crippen molar-refractivity contribution in [1.29, 1.82) is 0 Å². The number of benzene rings is 1. The van der Waals surface area contributed by atoms with Crippen LogP contribution in [0.5, 0.6) is 0 Å². The number of carboxylic acids is 1. The van der Waals surface area contributed by atoms with Crippen LogP contribution in [0.1, 0.15) is 18.4 Å². The fraction of sp³-hybridized carbons (Fsp3) is 0.353. The molecule has 1 aromatic heterocycles. The highest BCUT2D eigenvalue weighted by atomic mass is 79.9. The Labute approximate surface area is 157 Å². The third-order valence-corrected chi connectivity index (χ3v) is 5.01. The molecule has 3 rings (SSSR count). The lowest BCUT2D eigenvalue weighted by molar-refractivity contribution is -0.148. The second-order valence-electron chi connectivity index (χ2n) is 6.38. The van der Waals surface area contributed by atoms with E-state index < -0.39 is 23.6 Å².